The van der Waals surface area contributed by atoms with E-state index in [0.717, 1.165) is 24.2 Å². The van der Waals surface area contributed by atoms with Crippen molar-refractivity contribution in [2.24, 2.45) is 0 Å². The molecule has 0 bridgehead atoms. The molecule has 2 aromatic carbocycles. The predicted octanol–water partition coefficient (Wildman–Crippen LogP) is 3.46. The molecule has 1 unspecified atom stereocenters. The zero-order valence-corrected chi connectivity index (χ0v) is 11.0. The highest BCUT2D eigenvalue weighted by Crippen LogP contribution is 2.56. The van der Waals surface area contributed by atoms with Gasteiger partial charge in [0.1, 0.15) is 5.75 Å². The van der Waals surface area contributed by atoms with Gasteiger partial charge < -0.3 is 9.84 Å². The molecule has 19 heavy (non-hydrogen) atoms. The van der Waals surface area contributed by atoms with Crippen LogP contribution in [0.4, 0.5) is 0 Å². The van der Waals surface area contributed by atoms with Gasteiger partial charge in [0.05, 0.1) is 13.2 Å². The molecule has 0 aliphatic heterocycles. The fraction of sp³-hybridized carbons (Fsp3) is 0.294. The smallest absolute Gasteiger partial charge is 0.119 e. The van der Waals surface area contributed by atoms with Gasteiger partial charge in [-0.1, -0.05) is 42.5 Å². The highest BCUT2D eigenvalue weighted by molar-refractivity contribution is 5.39. The van der Waals surface area contributed by atoms with Crippen LogP contribution in [0, 0.1) is 0 Å². The first-order valence-electron chi connectivity index (χ1n) is 6.64. The number of aliphatic hydroxyl groups is 1. The maximum Gasteiger partial charge on any atom is 0.119 e. The maximum absolute atomic E-state index is 10.7. The maximum atomic E-state index is 10.7. The van der Waals surface area contributed by atoms with Gasteiger partial charge in [-0.25, -0.2) is 0 Å². The molecule has 0 amide bonds. The molecule has 2 nitrogen and oxygen atoms in total. The summed E-state index contributed by atoms with van der Waals surface area (Å²) in [5.74, 6) is 0.792. The van der Waals surface area contributed by atoms with Crippen molar-refractivity contribution in [2.75, 3.05) is 7.11 Å². The van der Waals surface area contributed by atoms with Crippen molar-refractivity contribution in [2.45, 2.75) is 24.4 Å². The number of ether oxygens (including phenoxy) is 1. The van der Waals surface area contributed by atoms with Gasteiger partial charge in [0.2, 0.25) is 0 Å². The summed E-state index contributed by atoms with van der Waals surface area (Å²) in [5.41, 5.74) is 2.05. The van der Waals surface area contributed by atoms with Crippen molar-refractivity contribution in [3.63, 3.8) is 0 Å². The number of rotatable bonds is 4. The molecule has 1 fully saturated rings. The van der Waals surface area contributed by atoms with Gasteiger partial charge in [-0.2, -0.15) is 0 Å². The summed E-state index contributed by atoms with van der Waals surface area (Å²) in [5, 5.41) is 10.7. The molecule has 2 heteroatoms. The van der Waals surface area contributed by atoms with E-state index < -0.39 is 6.10 Å². The Morgan fingerprint density at radius 1 is 1.05 bits per heavy atom. The minimum absolute atomic E-state index is 0.104. The second-order valence-corrected chi connectivity index (χ2v) is 5.20. The van der Waals surface area contributed by atoms with E-state index >= 15 is 0 Å². The molecule has 3 rings (SSSR count). The Hall–Kier alpha value is -1.80. The van der Waals surface area contributed by atoms with Crippen LogP contribution in [-0.2, 0) is 5.41 Å². The van der Waals surface area contributed by atoms with Crippen LogP contribution in [-0.4, -0.2) is 12.2 Å². The van der Waals surface area contributed by atoms with Crippen LogP contribution in [0.1, 0.15) is 30.1 Å². The summed E-state index contributed by atoms with van der Waals surface area (Å²) in [6, 6.07) is 18.0. The highest BCUT2D eigenvalue weighted by atomic mass is 16.5. The van der Waals surface area contributed by atoms with E-state index in [4.69, 9.17) is 4.74 Å². The van der Waals surface area contributed by atoms with E-state index in [9.17, 15) is 5.11 Å². The van der Waals surface area contributed by atoms with E-state index in [-0.39, 0.29) is 5.41 Å². The van der Waals surface area contributed by atoms with Crippen LogP contribution < -0.4 is 4.74 Å². The van der Waals surface area contributed by atoms with E-state index in [1.807, 2.05) is 42.5 Å². The molecule has 2 aromatic rings. The average Bonchev–Trinajstić information content (AvgIpc) is 3.29. The summed E-state index contributed by atoms with van der Waals surface area (Å²) in [4.78, 5) is 0. The molecule has 0 spiro atoms. The third-order valence-electron chi connectivity index (χ3n) is 4.07. The number of aliphatic hydroxyl groups excluding tert-OH is 1. The summed E-state index contributed by atoms with van der Waals surface area (Å²) >= 11 is 0. The lowest BCUT2D eigenvalue weighted by Crippen LogP contribution is -2.18. The first-order valence-corrected chi connectivity index (χ1v) is 6.64. The number of benzene rings is 2. The van der Waals surface area contributed by atoms with Gasteiger partial charge in [0, 0.05) is 5.41 Å². The van der Waals surface area contributed by atoms with E-state index in [0.29, 0.717) is 0 Å². The Morgan fingerprint density at radius 3 is 2.42 bits per heavy atom. The van der Waals surface area contributed by atoms with Gasteiger partial charge in [-0.15, -0.1) is 0 Å². The van der Waals surface area contributed by atoms with Crippen LogP contribution in [0.25, 0.3) is 0 Å². The molecule has 0 aromatic heterocycles. The molecule has 0 saturated heterocycles. The second-order valence-electron chi connectivity index (χ2n) is 5.20. The Bertz CT molecular complexity index is 558. The van der Waals surface area contributed by atoms with Crippen molar-refractivity contribution in [3.05, 3.63) is 65.7 Å². The molecule has 0 heterocycles. The molecule has 1 aliphatic rings. The Labute approximate surface area is 113 Å². The number of methoxy groups -OCH3 is 1. The van der Waals surface area contributed by atoms with E-state index in [2.05, 4.69) is 12.1 Å². The van der Waals surface area contributed by atoms with Crippen molar-refractivity contribution in [1.82, 2.24) is 0 Å². The van der Waals surface area contributed by atoms with Crippen molar-refractivity contribution in [1.29, 1.82) is 0 Å². The van der Waals surface area contributed by atoms with Crippen LogP contribution in [0.15, 0.2) is 54.6 Å². The third-order valence-corrected chi connectivity index (χ3v) is 4.07. The van der Waals surface area contributed by atoms with Gasteiger partial charge in [0.15, 0.2) is 0 Å². The van der Waals surface area contributed by atoms with E-state index in [1.54, 1.807) is 7.11 Å². The Kier molecular flexibility index (Phi) is 3.03. The summed E-state index contributed by atoms with van der Waals surface area (Å²) in [7, 11) is 1.65. The van der Waals surface area contributed by atoms with Gasteiger partial charge >= 0.3 is 0 Å². The summed E-state index contributed by atoms with van der Waals surface area (Å²) in [6.07, 6.45) is 1.61. The lowest BCUT2D eigenvalue weighted by atomic mass is 9.86. The molecular formula is C17H18O2. The topological polar surface area (TPSA) is 29.5 Å². The van der Waals surface area contributed by atoms with Crippen molar-refractivity contribution >= 4 is 0 Å². The molecule has 1 atom stereocenters. The Morgan fingerprint density at radius 2 is 1.79 bits per heavy atom. The van der Waals surface area contributed by atoms with Crippen LogP contribution in [0.3, 0.4) is 0 Å². The highest BCUT2D eigenvalue weighted by Gasteiger charge is 2.50. The third kappa shape index (κ3) is 2.13. The monoisotopic (exact) mass is 254 g/mol. The number of hydrogen-bond donors (Lipinski definition) is 1. The number of hydrogen-bond acceptors (Lipinski definition) is 2. The predicted molar refractivity (Wildman–Crippen MR) is 75.3 cm³/mol. The van der Waals surface area contributed by atoms with Crippen LogP contribution in [0.2, 0.25) is 0 Å². The SMILES string of the molecule is COc1cccc(C(O)C2(c3ccccc3)CC2)c1. The molecule has 1 aliphatic carbocycles. The molecule has 98 valence electrons. The minimum Gasteiger partial charge on any atom is -0.497 e. The normalized spacial score (nSPS) is 17.8. The van der Waals surface area contributed by atoms with Crippen LogP contribution >= 0.6 is 0 Å². The minimum atomic E-state index is -0.468. The zero-order valence-electron chi connectivity index (χ0n) is 11.0. The fourth-order valence-corrected chi connectivity index (χ4v) is 2.76. The second kappa shape index (κ2) is 4.71. The standard InChI is InChI=1S/C17H18O2/c1-19-15-9-5-6-13(12-15)16(18)17(10-11-17)14-7-3-2-4-8-14/h2-9,12,16,18H,10-11H2,1H3. The fourth-order valence-electron chi connectivity index (χ4n) is 2.76. The molecule has 1 saturated carbocycles. The zero-order chi connectivity index (χ0) is 13.3. The average molecular weight is 254 g/mol. The first kappa shape index (κ1) is 12.2. The molecule has 0 radical (unpaired) electrons. The largest absolute Gasteiger partial charge is 0.497 e. The van der Waals surface area contributed by atoms with E-state index in [1.165, 1.54) is 5.56 Å². The van der Waals surface area contributed by atoms with Gasteiger partial charge in [-0.05, 0) is 36.1 Å². The molecular weight excluding hydrogens is 236 g/mol. The van der Waals surface area contributed by atoms with Crippen molar-refractivity contribution < 1.29 is 9.84 Å². The molecule has 1 N–H and O–H groups in total. The summed E-state index contributed by atoms with van der Waals surface area (Å²) < 4.78 is 5.23. The lowest BCUT2D eigenvalue weighted by molar-refractivity contribution is 0.133. The van der Waals surface area contributed by atoms with Gasteiger partial charge in [0.25, 0.3) is 0 Å². The lowest BCUT2D eigenvalue weighted by Gasteiger charge is -2.23. The first-order chi connectivity index (χ1) is 9.26. The summed E-state index contributed by atoms with van der Waals surface area (Å²) in [6.45, 7) is 0. The van der Waals surface area contributed by atoms with Gasteiger partial charge in [-0.3, -0.25) is 0 Å². The Balaban J connectivity index is 1.93. The quantitative estimate of drug-likeness (QED) is 0.905. The van der Waals surface area contributed by atoms with Crippen molar-refractivity contribution in [3.8, 4) is 5.75 Å². The van der Waals surface area contributed by atoms with Crippen LogP contribution in [0.5, 0.6) is 5.75 Å².